The first kappa shape index (κ1) is 21.1. The number of nitrogens with zero attached hydrogens (tertiary/aromatic N) is 1. The Hall–Kier alpha value is -0.940. The lowest BCUT2D eigenvalue weighted by Gasteiger charge is -2.35. The number of nitrogens with one attached hydrogen (secondary N) is 1. The zero-order chi connectivity index (χ0) is 14.4. The molecule has 1 aromatic carbocycles. The minimum Gasteiger partial charge on any atom is -0.493 e. The smallest absolute Gasteiger partial charge is 0.161 e. The number of hydrogen-bond donors (Lipinski definition) is 1. The molecule has 0 bridgehead atoms. The molecule has 4 nitrogen and oxygen atoms in total. The Balaban J connectivity index is 0.00000220. The van der Waals surface area contributed by atoms with Crippen molar-refractivity contribution in [1.29, 1.82) is 0 Å². The maximum atomic E-state index is 5.41. The fourth-order valence-corrected chi connectivity index (χ4v) is 2.71. The van der Waals surface area contributed by atoms with Crippen molar-refractivity contribution in [2.24, 2.45) is 0 Å². The van der Waals surface area contributed by atoms with Crippen molar-refractivity contribution in [1.82, 2.24) is 10.2 Å². The molecule has 0 saturated carbocycles. The number of rotatable bonds is 6. The number of methoxy groups -OCH3 is 2. The van der Waals surface area contributed by atoms with Crippen LogP contribution in [0.2, 0.25) is 0 Å². The highest BCUT2D eigenvalue weighted by Gasteiger charge is 2.22. The average molecular weight is 349 g/mol. The molecule has 0 radical (unpaired) electrons. The van der Waals surface area contributed by atoms with E-state index < -0.39 is 0 Å². The van der Waals surface area contributed by atoms with Crippen LogP contribution >= 0.6 is 24.8 Å². The molecular formula is C16H26Cl2N2O2. The third kappa shape index (κ3) is 5.06. The van der Waals surface area contributed by atoms with Gasteiger partial charge < -0.3 is 14.8 Å². The van der Waals surface area contributed by atoms with Crippen molar-refractivity contribution in [3.63, 3.8) is 0 Å². The first-order chi connectivity index (χ1) is 9.80. The lowest BCUT2D eigenvalue weighted by atomic mass is 10.0. The third-order valence-corrected chi connectivity index (χ3v) is 3.77. The summed E-state index contributed by atoms with van der Waals surface area (Å²) in [5.74, 6) is 1.56. The fourth-order valence-electron chi connectivity index (χ4n) is 2.71. The molecule has 1 aliphatic heterocycles. The van der Waals surface area contributed by atoms with E-state index in [1.165, 1.54) is 5.56 Å². The van der Waals surface area contributed by atoms with Crippen molar-refractivity contribution in [3.8, 4) is 11.5 Å². The molecule has 22 heavy (non-hydrogen) atoms. The van der Waals surface area contributed by atoms with Crippen molar-refractivity contribution in [2.75, 3.05) is 40.4 Å². The SMILES string of the molecule is C=CC[C@@H](c1ccc(OC)c(OC)c1)N1CCNCC1.Cl.Cl. The van der Waals surface area contributed by atoms with Crippen LogP contribution in [-0.4, -0.2) is 45.3 Å². The van der Waals surface area contributed by atoms with Gasteiger partial charge in [0.15, 0.2) is 11.5 Å². The Labute approximate surface area is 145 Å². The highest BCUT2D eigenvalue weighted by atomic mass is 35.5. The summed E-state index contributed by atoms with van der Waals surface area (Å²) in [6.45, 7) is 8.11. The standard InChI is InChI=1S/C16H24N2O2.2ClH/c1-4-5-14(18-10-8-17-9-11-18)13-6-7-15(19-2)16(12-13)20-3;;/h4,6-7,12,14,17H,1,5,8-11H2,2-3H3;2*1H/t14-;;/m0../s1. The molecule has 0 unspecified atom stereocenters. The summed E-state index contributed by atoms with van der Waals surface area (Å²) < 4.78 is 10.7. The van der Waals surface area contributed by atoms with Gasteiger partial charge in [-0.2, -0.15) is 0 Å². The molecule has 1 atom stereocenters. The summed E-state index contributed by atoms with van der Waals surface area (Å²) in [7, 11) is 3.34. The number of hydrogen-bond acceptors (Lipinski definition) is 4. The zero-order valence-corrected chi connectivity index (χ0v) is 14.8. The lowest BCUT2D eigenvalue weighted by Crippen LogP contribution is -2.45. The Bertz CT molecular complexity index is 452. The van der Waals surface area contributed by atoms with E-state index in [1.807, 2.05) is 12.1 Å². The quantitative estimate of drug-likeness (QED) is 0.801. The monoisotopic (exact) mass is 348 g/mol. The first-order valence-corrected chi connectivity index (χ1v) is 7.07. The van der Waals surface area contributed by atoms with Crippen LogP contribution in [0, 0.1) is 0 Å². The highest BCUT2D eigenvalue weighted by molar-refractivity contribution is 5.85. The first-order valence-electron chi connectivity index (χ1n) is 7.07. The summed E-state index contributed by atoms with van der Waals surface area (Å²) in [4.78, 5) is 2.50. The molecule has 1 heterocycles. The highest BCUT2D eigenvalue weighted by Crippen LogP contribution is 2.33. The fraction of sp³-hybridized carbons (Fsp3) is 0.500. The van der Waals surface area contributed by atoms with Crippen LogP contribution in [0.3, 0.4) is 0 Å². The Morgan fingerprint density at radius 3 is 2.36 bits per heavy atom. The number of halogens is 2. The average Bonchev–Trinajstić information content (AvgIpc) is 2.52. The van der Waals surface area contributed by atoms with Crippen molar-refractivity contribution in [3.05, 3.63) is 36.4 Å². The molecule has 126 valence electrons. The van der Waals surface area contributed by atoms with Crippen LogP contribution in [0.4, 0.5) is 0 Å². The predicted octanol–water partition coefficient (Wildman–Crippen LogP) is 3.07. The normalized spacial score (nSPS) is 15.9. The molecular weight excluding hydrogens is 323 g/mol. The number of piperazine rings is 1. The summed E-state index contributed by atoms with van der Waals surface area (Å²) in [5.41, 5.74) is 1.25. The van der Waals surface area contributed by atoms with Crippen molar-refractivity contribution in [2.45, 2.75) is 12.5 Å². The maximum Gasteiger partial charge on any atom is 0.161 e. The molecule has 1 fully saturated rings. The molecule has 0 spiro atoms. The largest absolute Gasteiger partial charge is 0.493 e. The molecule has 0 aliphatic carbocycles. The maximum absolute atomic E-state index is 5.41. The van der Waals surface area contributed by atoms with Gasteiger partial charge in [0.1, 0.15) is 0 Å². The lowest BCUT2D eigenvalue weighted by molar-refractivity contribution is 0.174. The minimum atomic E-state index is 0. The molecule has 6 heteroatoms. The molecule has 1 aliphatic rings. The summed E-state index contributed by atoms with van der Waals surface area (Å²) in [5, 5.41) is 3.39. The van der Waals surface area contributed by atoms with Gasteiger partial charge in [-0.05, 0) is 24.1 Å². The Kier molecular flexibility index (Phi) is 10.3. The van der Waals surface area contributed by atoms with Crippen LogP contribution in [0.1, 0.15) is 18.0 Å². The van der Waals surface area contributed by atoms with Gasteiger partial charge in [0.25, 0.3) is 0 Å². The van der Waals surface area contributed by atoms with E-state index in [-0.39, 0.29) is 24.8 Å². The van der Waals surface area contributed by atoms with Crippen molar-refractivity contribution >= 4 is 24.8 Å². The summed E-state index contributed by atoms with van der Waals surface area (Å²) in [6, 6.07) is 6.54. The molecule has 1 saturated heterocycles. The topological polar surface area (TPSA) is 33.7 Å². The Morgan fingerprint density at radius 2 is 1.82 bits per heavy atom. The summed E-state index contributed by atoms with van der Waals surface area (Å²) in [6.07, 6.45) is 2.93. The van der Waals surface area contributed by atoms with E-state index in [0.29, 0.717) is 6.04 Å². The minimum absolute atomic E-state index is 0. The molecule has 1 N–H and O–H groups in total. The van der Waals surface area contributed by atoms with E-state index in [1.54, 1.807) is 14.2 Å². The van der Waals surface area contributed by atoms with Crippen LogP contribution in [0.25, 0.3) is 0 Å². The van der Waals surface area contributed by atoms with E-state index in [4.69, 9.17) is 9.47 Å². The van der Waals surface area contributed by atoms with Gasteiger partial charge in [-0.15, -0.1) is 31.4 Å². The second-order valence-electron chi connectivity index (χ2n) is 4.94. The molecule has 0 aromatic heterocycles. The Morgan fingerprint density at radius 1 is 1.18 bits per heavy atom. The van der Waals surface area contributed by atoms with E-state index in [2.05, 4.69) is 28.9 Å². The van der Waals surface area contributed by atoms with Gasteiger partial charge in [0.05, 0.1) is 14.2 Å². The predicted molar refractivity (Wildman–Crippen MR) is 96.0 cm³/mol. The van der Waals surface area contributed by atoms with E-state index in [0.717, 1.165) is 44.1 Å². The van der Waals surface area contributed by atoms with Gasteiger partial charge in [-0.25, -0.2) is 0 Å². The summed E-state index contributed by atoms with van der Waals surface area (Å²) >= 11 is 0. The van der Waals surface area contributed by atoms with Gasteiger partial charge in [-0.1, -0.05) is 12.1 Å². The molecule has 0 amide bonds. The van der Waals surface area contributed by atoms with E-state index >= 15 is 0 Å². The van der Waals surface area contributed by atoms with Gasteiger partial charge in [0.2, 0.25) is 0 Å². The zero-order valence-electron chi connectivity index (χ0n) is 13.2. The van der Waals surface area contributed by atoms with Crippen LogP contribution < -0.4 is 14.8 Å². The van der Waals surface area contributed by atoms with Gasteiger partial charge in [-0.3, -0.25) is 4.90 Å². The second kappa shape index (κ2) is 10.7. The molecule has 1 aromatic rings. The second-order valence-corrected chi connectivity index (χ2v) is 4.94. The van der Waals surface area contributed by atoms with Crippen LogP contribution in [-0.2, 0) is 0 Å². The third-order valence-electron chi connectivity index (χ3n) is 3.77. The van der Waals surface area contributed by atoms with E-state index in [9.17, 15) is 0 Å². The number of ether oxygens (including phenoxy) is 2. The van der Waals surface area contributed by atoms with Gasteiger partial charge >= 0.3 is 0 Å². The van der Waals surface area contributed by atoms with Gasteiger partial charge in [0, 0.05) is 32.2 Å². The van der Waals surface area contributed by atoms with Crippen molar-refractivity contribution < 1.29 is 9.47 Å². The number of benzene rings is 1. The van der Waals surface area contributed by atoms with Crippen LogP contribution in [0.15, 0.2) is 30.9 Å². The van der Waals surface area contributed by atoms with Crippen LogP contribution in [0.5, 0.6) is 11.5 Å². The molecule has 2 rings (SSSR count).